The summed E-state index contributed by atoms with van der Waals surface area (Å²) in [5, 5.41) is 15.8. The van der Waals surface area contributed by atoms with Crippen LogP contribution in [-0.2, 0) is 0 Å². The number of anilines is 2. The van der Waals surface area contributed by atoms with Crippen molar-refractivity contribution in [1.29, 1.82) is 0 Å². The van der Waals surface area contributed by atoms with E-state index in [9.17, 15) is 5.21 Å². The van der Waals surface area contributed by atoms with Crippen LogP contribution in [0.3, 0.4) is 0 Å². The Morgan fingerprint density at radius 2 is 1.67 bits per heavy atom. The Hall–Kier alpha value is -2.55. The molecule has 3 rings (SSSR count). The molecule has 0 aliphatic rings. The molecule has 1 aromatic heterocycles. The van der Waals surface area contributed by atoms with E-state index in [1.807, 2.05) is 54.6 Å². The summed E-state index contributed by atoms with van der Waals surface area (Å²) in [5.41, 5.74) is 2.68. The molecule has 3 nitrogen and oxygen atoms in total. The minimum Gasteiger partial charge on any atom is -0.618 e. The minimum atomic E-state index is 0.677. The lowest BCUT2D eigenvalue weighted by Gasteiger charge is -2.07. The van der Waals surface area contributed by atoms with Gasteiger partial charge < -0.3 is 10.5 Å². The number of benzene rings is 2. The maximum Gasteiger partial charge on any atom is 0.223 e. The Morgan fingerprint density at radius 1 is 0.833 bits per heavy atom. The van der Waals surface area contributed by atoms with E-state index in [-0.39, 0.29) is 0 Å². The maximum absolute atomic E-state index is 11.5. The van der Waals surface area contributed by atoms with E-state index >= 15 is 0 Å². The summed E-state index contributed by atoms with van der Waals surface area (Å²) in [6, 6.07) is 19.3. The molecule has 0 atom stereocenters. The first-order valence-electron chi connectivity index (χ1n) is 5.77. The van der Waals surface area contributed by atoms with Crippen LogP contribution in [0.25, 0.3) is 10.9 Å². The summed E-state index contributed by atoms with van der Waals surface area (Å²) in [6.07, 6.45) is 1.51. The van der Waals surface area contributed by atoms with E-state index in [1.54, 1.807) is 6.07 Å². The third-order valence-corrected chi connectivity index (χ3v) is 2.82. The van der Waals surface area contributed by atoms with Gasteiger partial charge in [-0.25, -0.2) is 0 Å². The highest BCUT2D eigenvalue weighted by atomic mass is 16.5. The van der Waals surface area contributed by atoms with Crippen LogP contribution < -0.4 is 10.0 Å². The molecular weight excluding hydrogens is 224 g/mol. The number of nitrogens with one attached hydrogen (secondary N) is 1. The molecule has 88 valence electrons. The lowest BCUT2D eigenvalue weighted by Crippen LogP contribution is -2.25. The van der Waals surface area contributed by atoms with E-state index in [0.29, 0.717) is 5.52 Å². The van der Waals surface area contributed by atoms with Crippen molar-refractivity contribution in [2.45, 2.75) is 0 Å². The van der Waals surface area contributed by atoms with Gasteiger partial charge in [-0.15, -0.1) is 0 Å². The van der Waals surface area contributed by atoms with Gasteiger partial charge in [0.2, 0.25) is 5.52 Å². The second-order valence-electron chi connectivity index (χ2n) is 4.10. The van der Waals surface area contributed by atoms with Gasteiger partial charge >= 0.3 is 0 Å². The Morgan fingerprint density at radius 3 is 2.50 bits per heavy atom. The van der Waals surface area contributed by atoms with Crippen molar-refractivity contribution in [3.63, 3.8) is 0 Å². The predicted octanol–water partition coefficient (Wildman–Crippen LogP) is 3.22. The summed E-state index contributed by atoms with van der Waals surface area (Å²) in [7, 11) is 0. The van der Waals surface area contributed by atoms with Gasteiger partial charge in [-0.05, 0) is 30.3 Å². The molecule has 2 aromatic carbocycles. The molecule has 3 heteroatoms. The number of fused-ring (bicyclic) bond motifs is 1. The van der Waals surface area contributed by atoms with Gasteiger partial charge in [0.05, 0.1) is 0 Å². The molecule has 0 saturated heterocycles. The van der Waals surface area contributed by atoms with Crippen molar-refractivity contribution in [2.24, 2.45) is 0 Å². The van der Waals surface area contributed by atoms with E-state index in [1.165, 1.54) is 6.20 Å². The predicted molar refractivity (Wildman–Crippen MR) is 72.6 cm³/mol. The van der Waals surface area contributed by atoms with Gasteiger partial charge in [0.15, 0.2) is 6.20 Å². The van der Waals surface area contributed by atoms with Crippen molar-refractivity contribution in [1.82, 2.24) is 0 Å². The van der Waals surface area contributed by atoms with Crippen LogP contribution in [0, 0.1) is 5.21 Å². The fourth-order valence-corrected chi connectivity index (χ4v) is 1.96. The van der Waals surface area contributed by atoms with Crippen LogP contribution in [0.5, 0.6) is 0 Å². The van der Waals surface area contributed by atoms with Gasteiger partial charge in [-0.3, -0.25) is 0 Å². The maximum atomic E-state index is 11.5. The number of nitrogens with zero attached hydrogens (tertiary/aromatic N) is 1. The quantitative estimate of drug-likeness (QED) is 0.548. The molecule has 0 aliphatic heterocycles. The summed E-state index contributed by atoms with van der Waals surface area (Å²) in [6.45, 7) is 0. The minimum absolute atomic E-state index is 0.677. The molecule has 0 unspecified atom stereocenters. The number of para-hydroxylation sites is 1. The molecular formula is C15H12N2O. The molecule has 0 radical (unpaired) electrons. The van der Waals surface area contributed by atoms with E-state index in [2.05, 4.69) is 5.32 Å². The highest BCUT2D eigenvalue weighted by Crippen LogP contribution is 2.20. The highest BCUT2D eigenvalue weighted by molar-refractivity contribution is 5.81. The zero-order valence-electron chi connectivity index (χ0n) is 9.71. The summed E-state index contributed by atoms with van der Waals surface area (Å²) in [5.74, 6) is 0. The second kappa shape index (κ2) is 4.37. The third-order valence-electron chi connectivity index (χ3n) is 2.82. The van der Waals surface area contributed by atoms with Gasteiger partial charge in [0.25, 0.3) is 0 Å². The van der Waals surface area contributed by atoms with E-state index in [0.717, 1.165) is 21.5 Å². The largest absolute Gasteiger partial charge is 0.618 e. The fraction of sp³-hybridized carbons (Fsp3) is 0. The number of rotatable bonds is 2. The smallest absolute Gasteiger partial charge is 0.223 e. The van der Waals surface area contributed by atoms with Crippen molar-refractivity contribution in [3.8, 4) is 0 Å². The average Bonchev–Trinajstić information content (AvgIpc) is 2.40. The Labute approximate surface area is 105 Å². The van der Waals surface area contributed by atoms with Gasteiger partial charge in [0, 0.05) is 28.9 Å². The van der Waals surface area contributed by atoms with Crippen molar-refractivity contribution >= 4 is 22.3 Å². The van der Waals surface area contributed by atoms with Gasteiger partial charge in [-0.1, -0.05) is 18.2 Å². The molecule has 0 saturated carbocycles. The topological polar surface area (TPSA) is 39.0 Å². The summed E-state index contributed by atoms with van der Waals surface area (Å²) >= 11 is 0. The molecule has 1 heterocycles. The zero-order valence-corrected chi connectivity index (χ0v) is 9.71. The SMILES string of the molecule is [O-][n+]1cccc2cc(Nc3ccccc3)ccc21. The third kappa shape index (κ3) is 1.98. The van der Waals surface area contributed by atoms with Crippen LogP contribution in [0.4, 0.5) is 11.4 Å². The molecule has 0 aliphatic carbocycles. The molecule has 0 amide bonds. The number of aromatic nitrogens is 1. The normalized spacial score (nSPS) is 10.4. The van der Waals surface area contributed by atoms with Gasteiger partial charge in [-0.2, -0.15) is 4.73 Å². The van der Waals surface area contributed by atoms with Crippen molar-refractivity contribution in [2.75, 3.05) is 5.32 Å². The molecule has 0 fully saturated rings. The Bertz CT molecular complexity index is 680. The lowest BCUT2D eigenvalue weighted by atomic mass is 10.2. The number of hydrogen-bond acceptors (Lipinski definition) is 2. The molecule has 0 bridgehead atoms. The fourth-order valence-electron chi connectivity index (χ4n) is 1.96. The van der Waals surface area contributed by atoms with Crippen LogP contribution in [0.15, 0.2) is 66.9 Å². The molecule has 1 N–H and O–H groups in total. The number of pyridine rings is 1. The van der Waals surface area contributed by atoms with Crippen LogP contribution in [0.1, 0.15) is 0 Å². The highest BCUT2D eigenvalue weighted by Gasteiger charge is 2.03. The first kappa shape index (κ1) is 10.6. The van der Waals surface area contributed by atoms with E-state index < -0.39 is 0 Å². The van der Waals surface area contributed by atoms with E-state index in [4.69, 9.17) is 0 Å². The first-order valence-corrected chi connectivity index (χ1v) is 5.77. The average molecular weight is 236 g/mol. The second-order valence-corrected chi connectivity index (χ2v) is 4.10. The molecule has 3 aromatic rings. The van der Waals surface area contributed by atoms with Crippen LogP contribution in [-0.4, -0.2) is 0 Å². The Kier molecular flexibility index (Phi) is 2.57. The van der Waals surface area contributed by atoms with Crippen molar-refractivity contribution in [3.05, 3.63) is 72.1 Å². The molecule has 0 spiro atoms. The van der Waals surface area contributed by atoms with Crippen molar-refractivity contribution < 1.29 is 4.73 Å². The summed E-state index contributed by atoms with van der Waals surface area (Å²) in [4.78, 5) is 0. The number of hydrogen-bond donors (Lipinski definition) is 1. The molecule has 18 heavy (non-hydrogen) atoms. The zero-order chi connectivity index (χ0) is 12.4. The summed E-state index contributed by atoms with van der Waals surface area (Å²) < 4.78 is 0.877. The first-order chi connectivity index (χ1) is 8.83. The Balaban J connectivity index is 1.99. The lowest BCUT2D eigenvalue weighted by molar-refractivity contribution is -0.577. The van der Waals surface area contributed by atoms with Crippen LogP contribution >= 0.6 is 0 Å². The van der Waals surface area contributed by atoms with Gasteiger partial charge in [0.1, 0.15) is 0 Å². The standard InChI is InChI=1S/C15H12N2O/c18-17-10-4-5-12-11-14(8-9-15(12)17)16-13-6-2-1-3-7-13/h1-11,16H. The van der Waals surface area contributed by atoms with Crippen LogP contribution in [0.2, 0.25) is 0 Å². The monoisotopic (exact) mass is 236 g/mol.